The van der Waals surface area contributed by atoms with Gasteiger partial charge in [-0.3, -0.25) is 4.68 Å². The molecular weight excluding hydrogens is 287 g/mol. The number of aromatic nitrogens is 2. The zero-order valence-electron chi connectivity index (χ0n) is 9.57. The minimum Gasteiger partial charge on any atom is -0.354 e. The van der Waals surface area contributed by atoms with E-state index in [0.717, 1.165) is 12.1 Å². The summed E-state index contributed by atoms with van der Waals surface area (Å²) in [6, 6.07) is 1.27. The number of nitrogens with zero attached hydrogens (tertiary/aromatic N) is 2. The van der Waals surface area contributed by atoms with Crippen LogP contribution in [0.2, 0.25) is 0 Å². The van der Waals surface area contributed by atoms with Gasteiger partial charge in [0.05, 0.1) is 5.69 Å². The highest BCUT2D eigenvalue weighted by Crippen LogP contribution is 2.40. The van der Waals surface area contributed by atoms with Gasteiger partial charge >= 0.3 is 15.6 Å². The van der Waals surface area contributed by atoms with Gasteiger partial charge < -0.3 is 9.50 Å². The first-order valence-corrected chi connectivity index (χ1v) is 6.94. The monoisotopic (exact) mass is 297 g/mol. The van der Waals surface area contributed by atoms with Crippen LogP contribution in [0.15, 0.2) is 6.07 Å². The van der Waals surface area contributed by atoms with Crippen LogP contribution in [0, 0.1) is 0 Å². The molecule has 106 valence electrons. The summed E-state index contributed by atoms with van der Waals surface area (Å²) in [6.45, 7) is 1.97. The van der Waals surface area contributed by atoms with E-state index in [9.17, 15) is 21.6 Å². The average molecular weight is 297 g/mol. The molecule has 0 saturated carbocycles. The van der Waals surface area contributed by atoms with Crippen molar-refractivity contribution in [2.45, 2.75) is 23.9 Å². The van der Waals surface area contributed by atoms with E-state index in [2.05, 4.69) is 14.6 Å². The predicted octanol–water partition coefficient (Wildman–Crippen LogP) is 0.356. The van der Waals surface area contributed by atoms with Crippen LogP contribution in [-0.2, 0) is 22.1 Å². The van der Waals surface area contributed by atoms with Gasteiger partial charge in [-0.15, -0.1) is 5.10 Å². The van der Waals surface area contributed by atoms with Crippen molar-refractivity contribution >= 4 is 10.1 Å². The van der Waals surface area contributed by atoms with E-state index in [-0.39, 0.29) is 5.41 Å². The Labute approximate surface area is 106 Å². The normalized spacial score (nSPS) is 21.2. The Bertz CT molecular complexity index is 618. The van der Waals surface area contributed by atoms with E-state index in [1.807, 2.05) is 0 Å². The van der Waals surface area contributed by atoms with Crippen molar-refractivity contribution in [3.8, 4) is 5.88 Å². The van der Waals surface area contributed by atoms with Gasteiger partial charge in [-0.2, -0.15) is 21.6 Å². The molecule has 2 aliphatic rings. The summed E-state index contributed by atoms with van der Waals surface area (Å²) < 4.78 is 63.9. The lowest BCUT2D eigenvalue weighted by Gasteiger charge is -2.38. The first kappa shape index (κ1) is 12.7. The SMILES string of the molecule is O=S(=O)(Oc1cc2n(n1)CCC21CNC1)C(F)(F)F. The molecule has 0 aromatic carbocycles. The third-order valence-electron chi connectivity index (χ3n) is 3.51. The molecule has 1 fully saturated rings. The second kappa shape index (κ2) is 3.63. The lowest BCUT2D eigenvalue weighted by atomic mass is 9.78. The molecule has 10 heteroatoms. The highest BCUT2D eigenvalue weighted by atomic mass is 32.2. The highest BCUT2D eigenvalue weighted by molar-refractivity contribution is 7.87. The van der Waals surface area contributed by atoms with Crippen LogP contribution in [0.3, 0.4) is 0 Å². The summed E-state index contributed by atoms with van der Waals surface area (Å²) in [5.74, 6) is -0.529. The van der Waals surface area contributed by atoms with Crippen molar-refractivity contribution in [2.75, 3.05) is 13.1 Å². The minimum absolute atomic E-state index is 0.142. The van der Waals surface area contributed by atoms with Crippen molar-refractivity contribution in [2.24, 2.45) is 0 Å². The molecule has 0 atom stereocenters. The summed E-state index contributed by atoms with van der Waals surface area (Å²) in [7, 11) is -5.66. The van der Waals surface area contributed by atoms with Crippen molar-refractivity contribution < 1.29 is 25.8 Å². The van der Waals surface area contributed by atoms with E-state index in [0.29, 0.717) is 19.6 Å². The van der Waals surface area contributed by atoms with Crippen molar-refractivity contribution in [1.29, 1.82) is 0 Å². The maximum atomic E-state index is 12.2. The number of alkyl halides is 3. The number of rotatable bonds is 2. The van der Waals surface area contributed by atoms with E-state index < -0.39 is 21.5 Å². The van der Waals surface area contributed by atoms with E-state index in [4.69, 9.17) is 0 Å². The largest absolute Gasteiger partial charge is 0.534 e. The molecule has 3 rings (SSSR count). The minimum atomic E-state index is -5.66. The predicted molar refractivity (Wildman–Crippen MR) is 57.0 cm³/mol. The van der Waals surface area contributed by atoms with Crippen LogP contribution in [0.4, 0.5) is 13.2 Å². The van der Waals surface area contributed by atoms with Crippen LogP contribution in [0.1, 0.15) is 12.1 Å². The Hall–Kier alpha value is -1.29. The molecule has 0 aliphatic carbocycles. The van der Waals surface area contributed by atoms with E-state index in [1.165, 1.54) is 10.7 Å². The van der Waals surface area contributed by atoms with Gasteiger partial charge in [0.25, 0.3) is 5.88 Å². The van der Waals surface area contributed by atoms with Gasteiger partial charge in [0.2, 0.25) is 0 Å². The number of aryl methyl sites for hydroxylation is 1. The number of hydrogen-bond acceptors (Lipinski definition) is 5. The van der Waals surface area contributed by atoms with Gasteiger partial charge in [0.15, 0.2) is 0 Å². The summed E-state index contributed by atoms with van der Waals surface area (Å²) >= 11 is 0. The highest BCUT2D eigenvalue weighted by Gasteiger charge is 2.50. The Morgan fingerprint density at radius 3 is 2.63 bits per heavy atom. The summed E-state index contributed by atoms with van der Waals surface area (Å²) in [6.07, 6.45) is 0.842. The lowest BCUT2D eigenvalue weighted by molar-refractivity contribution is -0.0501. The van der Waals surface area contributed by atoms with Crippen LogP contribution in [-0.4, -0.2) is 36.8 Å². The molecule has 0 unspecified atom stereocenters. The van der Waals surface area contributed by atoms with Gasteiger partial charge in [0, 0.05) is 31.1 Å². The van der Waals surface area contributed by atoms with E-state index >= 15 is 0 Å². The summed E-state index contributed by atoms with van der Waals surface area (Å²) in [4.78, 5) is 0. The lowest BCUT2D eigenvalue weighted by Crippen LogP contribution is -2.55. The number of nitrogens with one attached hydrogen (secondary N) is 1. The van der Waals surface area contributed by atoms with Crippen LogP contribution >= 0.6 is 0 Å². The molecule has 2 aliphatic heterocycles. The molecule has 19 heavy (non-hydrogen) atoms. The van der Waals surface area contributed by atoms with E-state index in [1.54, 1.807) is 0 Å². The Morgan fingerprint density at radius 2 is 2.11 bits per heavy atom. The molecule has 0 radical (unpaired) electrons. The smallest absolute Gasteiger partial charge is 0.354 e. The van der Waals surface area contributed by atoms with Gasteiger partial charge in [0.1, 0.15) is 0 Å². The van der Waals surface area contributed by atoms with Crippen molar-refractivity contribution in [1.82, 2.24) is 15.1 Å². The van der Waals surface area contributed by atoms with Gasteiger partial charge in [-0.1, -0.05) is 0 Å². The molecule has 6 nitrogen and oxygen atoms in total. The number of halogens is 3. The summed E-state index contributed by atoms with van der Waals surface area (Å²) in [5, 5.41) is 6.84. The average Bonchev–Trinajstić information content (AvgIpc) is 2.70. The number of fused-ring (bicyclic) bond motifs is 2. The topological polar surface area (TPSA) is 73.2 Å². The standard InChI is InChI=1S/C9H10F3N3O3S/c10-9(11,12)19(16,17)18-7-3-6-8(4-13-5-8)1-2-15(6)14-7/h3,13H,1-2,4-5H2. The van der Waals surface area contributed by atoms with Crippen molar-refractivity contribution in [3.05, 3.63) is 11.8 Å². The van der Waals surface area contributed by atoms with Crippen LogP contribution in [0.5, 0.6) is 5.88 Å². The molecule has 1 N–H and O–H groups in total. The van der Waals surface area contributed by atoms with Crippen LogP contribution in [0.25, 0.3) is 0 Å². The van der Waals surface area contributed by atoms with Crippen LogP contribution < -0.4 is 9.50 Å². The maximum absolute atomic E-state index is 12.2. The Kier molecular flexibility index (Phi) is 2.43. The Morgan fingerprint density at radius 1 is 1.42 bits per heavy atom. The first-order chi connectivity index (χ1) is 8.74. The molecular formula is C9H10F3N3O3S. The molecule has 0 amide bonds. The molecule has 1 spiro atoms. The zero-order chi connectivity index (χ0) is 13.9. The molecule has 0 bridgehead atoms. The van der Waals surface area contributed by atoms with Gasteiger partial charge in [-0.05, 0) is 6.42 Å². The van der Waals surface area contributed by atoms with Crippen molar-refractivity contribution in [3.63, 3.8) is 0 Å². The molecule has 1 saturated heterocycles. The quantitative estimate of drug-likeness (QED) is 0.630. The number of hydrogen-bond donors (Lipinski definition) is 1. The Balaban J connectivity index is 1.88. The fourth-order valence-electron chi connectivity index (χ4n) is 2.42. The maximum Gasteiger partial charge on any atom is 0.534 e. The molecule has 3 heterocycles. The second-order valence-electron chi connectivity index (χ2n) is 4.71. The van der Waals surface area contributed by atoms with Gasteiger partial charge in [-0.25, -0.2) is 0 Å². The zero-order valence-corrected chi connectivity index (χ0v) is 10.4. The third kappa shape index (κ3) is 1.81. The fraction of sp³-hybridized carbons (Fsp3) is 0.667. The third-order valence-corrected chi connectivity index (χ3v) is 4.47. The molecule has 1 aromatic heterocycles. The fourth-order valence-corrected chi connectivity index (χ4v) is 2.82. The first-order valence-electron chi connectivity index (χ1n) is 5.53. The molecule has 1 aromatic rings. The second-order valence-corrected chi connectivity index (χ2v) is 6.25. The summed E-state index contributed by atoms with van der Waals surface area (Å²) in [5.41, 5.74) is -4.87.